The van der Waals surface area contributed by atoms with Gasteiger partial charge in [-0.1, -0.05) is 54.3 Å². The maximum atomic E-state index is 9.83. The highest BCUT2D eigenvalue weighted by atomic mass is 16.5. The van der Waals surface area contributed by atoms with Gasteiger partial charge in [-0.3, -0.25) is 4.68 Å². The first-order valence-electron chi connectivity index (χ1n) is 11.5. The second-order valence-corrected chi connectivity index (χ2v) is 8.11. The maximum absolute atomic E-state index is 9.83. The van der Waals surface area contributed by atoms with Gasteiger partial charge in [0.25, 0.3) is 0 Å². The molecule has 0 saturated carbocycles. The predicted octanol–water partition coefficient (Wildman–Crippen LogP) is 4.28. The summed E-state index contributed by atoms with van der Waals surface area (Å²) in [7, 11) is 0. The molecule has 0 spiro atoms. The summed E-state index contributed by atoms with van der Waals surface area (Å²) in [6.07, 6.45) is 5.22. The third-order valence-electron chi connectivity index (χ3n) is 4.69. The van der Waals surface area contributed by atoms with Gasteiger partial charge in [0.15, 0.2) is 11.6 Å². The van der Waals surface area contributed by atoms with Crippen molar-refractivity contribution in [2.24, 2.45) is 0 Å². The van der Waals surface area contributed by atoms with Crippen LogP contribution >= 0.6 is 0 Å². The minimum atomic E-state index is -2.20. The molecule has 0 fully saturated rings. The second-order valence-electron chi connectivity index (χ2n) is 8.11. The summed E-state index contributed by atoms with van der Waals surface area (Å²) in [6.45, 7) is 1.60. The van der Waals surface area contributed by atoms with Gasteiger partial charge in [0.1, 0.15) is 12.2 Å². The molecule has 0 aliphatic heterocycles. The Hall–Kier alpha value is -4.08. The van der Waals surface area contributed by atoms with Crippen molar-refractivity contribution in [2.75, 3.05) is 5.73 Å². The third kappa shape index (κ3) is 6.22. The van der Waals surface area contributed by atoms with E-state index >= 15 is 0 Å². The maximum Gasteiger partial charge on any atom is 0.166 e. The lowest BCUT2D eigenvalue weighted by Crippen LogP contribution is -2.14. The zero-order valence-corrected chi connectivity index (χ0v) is 18.5. The SMILES string of the molecule is [2H]C([2H])(Oc1cc(-c2cnn(Cc3ccccc3)c2)cnc1N)c1cccc(C#CC(C)(C)O)c1. The molecule has 0 radical (unpaired) electrons. The van der Waals surface area contributed by atoms with Crippen molar-refractivity contribution in [3.63, 3.8) is 0 Å². The zero-order valence-electron chi connectivity index (χ0n) is 20.5. The van der Waals surface area contributed by atoms with Crippen LogP contribution in [0.1, 0.15) is 33.3 Å². The summed E-state index contributed by atoms with van der Waals surface area (Å²) in [5, 5.41) is 14.2. The summed E-state index contributed by atoms with van der Waals surface area (Å²) in [5.41, 5.74) is 8.32. The smallest absolute Gasteiger partial charge is 0.166 e. The average molecular weight is 441 g/mol. The Kier molecular flexibility index (Phi) is 5.70. The zero-order chi connectivity index (χ0) is 25.1. The number of nitrogens with zero attached hydrogens (tertiary/aromatic N) is 3. The van der Waals surface area contributed by atoms with Crippen molar-refractivity contribution in [3.05, 3.63) is 95.9 Å². The molecule has 2 aromatic carbocycles. The van der Waals surface area contributed by atoms with Gasteiger partial charge < -0.3 is 15.6 Å². The number of hydrogen-bond donors (Lipinski definition) is 2. The molecule has 4 rings (SSSR count). The number of nitrogen functional groups attached to an aromatic ring is 1. The Balaban J connectivity index is 1.56. The van der Waals surface area contributed by atoms with Crippen molar-refractivity contribution in [1.82, 2.24) is 14.8 Å². The fourth-order valence-corrected chi connectivity index (χ4v) is 3.06. The predicted molar refractivity (Wildman–Crippen MR) is 129 cm³/mol. The highest BCUT2D eigenvalue weighted by Crippen LogP contribution is 2.27. The topological polar surface area (TPSA) is 86.2 Å². The van der Waals surface area contributed by atoms with Crippen molar-refractivity contribution in [1.29, 1.82) is 0 Å². The number of hydrogen-bond acceptors (Lipinski definition) is 5. The van der Waals surface area contributed by atoms with Crippen LogP contribution in [0.3, 0.4) is 0 Å². The summed E-state index contributed by atoms with van der Waals surface area (Å²) in [5.74, 6) is 5.77. The monoisotopic (exact) mass is 440 g/mol. The number of rotatable bonds is 6. The number of benzene rings is 2. The molecule has 3 N–H and O–H groups in total. The molecule has 2 aromatic heterocycles. The minimum absolute atomic E-state index is 0.0762. The van der Waals surface area contributed by atoms with E-state index in [9.17, 15) is 5.11 Å². The van der Waals surface area contributed by atoms with Crippen molar-refractivity contribution >= 4 is 5.82 Å². The fourth-order valence-electron chi connectivity index (χ4n) is 3.06. The molecule has 6 nitrogen and oxygen atoms in total. The van der Waals surface area contributed by atoms with Crippen LogP contribution in [0, 0.1) is 11.8 Å². The van der Waals surface area contributed by atoms with Crippen LogP contribution in [0.25, 0.3) is 11.1 Å². The molecule has 6 heteroatoms. The van der Waals surface area contributed by atoms with E-state index in [4.69, 9.17) is 13.2 Å². The Labute approximate surface area is 196 Å². The van der Waals surface area contributed by atoms with Crippen molar-refractivity contribution < 1.29 is 12.6 Å². The van der Waals surface area contributed by atoms with Crippen LogP contribution in [0.4, 0.5) is 5.82 Å². The van der Waals surface area contributed by atoms with E-state index in [-0.39, 0.29) is 17.1 Å². The first-order chi connectivity index (χ1) is 16.6. The second kappa shape index (κ2) is 9.60. The van der Waals surface area contributed by atoms with E-state index in [0.717, 1.165) is 11.1 Å². The molecule has 0 aliphatic rings. The highest BCUT2D eigenvalue weighted by Gasteiger charge is 2.09. The minimum Gasteiger partial charge on any atom is -0.485 e. The van der Waals surface area contributed by atoms with E-state index in [1.54, 1.807) is 56.6 Å². The number of anilines is 1. The fraction of sp³-hybridized carbons (Fsp3) is 0.185. The highest BCUT2D eigenvalue weighted by molar-refractivity contribution is 5.65. The Morgan fingerprint density at radius 3 is 2.64 bits per heavy atom. The van der Waals surface area contributed by atoms with Gasteiger partial charge in [-0.05, 0) is 43.2 Å². The van der Waals surface area contributed by atoms with E-state index in [2.05, 4.69) is 21.9 Å². The normalized spacial score (nSPS) is 12.3. The van der Waals surface area contributed by atoms with Gasteiger partial charge in [0, 0.05) is 29.1 Å². The Morgan fingerprint density at radius 1 is 1.06 bits per heavy atom. The number of aliphatic hydroxyl groups is 1. The van der Waals surface area contributed by atoms with Crippen LogP contribution in [0.15, 0.2) is 79.3 Å². The number of nitrogens with two attached hydrogens (primary N) is 1. The molecule has 4 aromatic rings. The van der Waals surface area contributed by atoms with Crippen LogP contribution in [0.2, 0.25) is 0 Å². The van der Waals surface area contributed by atoms with E-state index in [1.807, 2.05) is 41.2 Å². The molecule has 0 aliphatic carbocycles. The van der Waals surface area contributed by atoms with Crippen LogP contribution in [0.5, 0.6) is 5.75 Å². The molecule has 166 valence electrons. The molecule has 33 heavy (non-hydrogen) atoms. The number of ether oxygens (including phenoxy) is 1. The Morgan fingerprint density at radius 2 is 1.85 bits per heavy atom. The van der Waals surface area contributed by atoms with Crippen LogP contribution in [-0.4, -0.2) is 25.5 Å². The standard InChI is InChI=1S/C27H26N4O2/c1-27(2,32)12-11-20-9-6-10-22(13-20)19-33-25-14-23(15-29-26(25)28)24-16-30-31(18-24)17-21-7-4-3-5-8-21/h3-10,13-16,18,32H,17,19H2,1-2H3,(H2,28,29)/i19D2. The summed E-state index contributed by atoms with van der Waals surface area (Å²) < 4.78 is 24.5. The molecular formula is C27H26N4O2. The van der Waals surface area contributed by atoms with Crippen LogP contribution in [-0.2, 0) is 13.1 Å². The van der Waals surface area contributed by atoms with Gasteiger partial charge >= 0.3 is 0 Å². The molecule has 0 unspecified atom stereocenters. The quantitative estimate of drug-likeness (QED) is 0.437. The van der Waals surface area contributed by atoms with Gasteiger partial charge in [0.2, 0.25) is 0 Å². The van der Waals surface area contributed by atoms with E-state index in [1.165, 1.54) is 0 Å². The lowest BCUT2D eigenvalue weighted by Gasteiger charge is -2.10. The molecule has 0 bridgehead atoms. The van der Waals surface area contributed by atoms with Gasteiger partial charge in [-0.25, -0.2) is 4.98 Å². The largest absolute Gasteiger partial charge is 0.485 e. The van der Waals surface area contributed by atoms with Crippen LogP contribution < -0.4 is 10.5 Å². The molecular weight excluding hydrogens is 412 g/mol. The molecule has 2 heterocycles. The first kappa shape index (κ1) is 19.6. The summed E-state index contributed by atoms with van der Waals surface area (Å²) >= 11 is 0. The van der Waals surface area contributed by atoms with Gasteiger partial charge in [-0.15, -0.1) is 0 Å². The molecule has 0 amide bonds. The van der Waals surface area contributed by atoms with E-state index < -0.39 is 12.2 Å². The average Bonchev–Trinajstić information content (AvgIpc) is 3.28. The Bertz CT molecular complexity index is 1380. The number of pyridine rings is 1. The number of aromatic nitrogens is 3. The lowest BCUT2D eigenvalue weighted by atomic mass is 10.1. The van der Waals surface area contributed by atoms with Crippen molar-refractivity contribution in [3.8, 4) is 28.7 Å². The van der Waals surface area contributed by atoms with Gasteiger partial charge in [-0.2, -0.15) is 5.10 Å². The summed E-state index contributed by atoms with van der Waals surface area (Å²) in [6, 6.07) is 18.3. The summed E-state index contributed by atoms with van der Waals surface area (Å²) in [4.78, 5) is 4.20. The van der Waals surface area contributed by atoms with Crippen molar-refractivity contribution in [2.45, 2.75) is 32.6 Å². The molecule has 0 atom stereocenters. The molecule has 0 saturated heterocycles. The lowest BCUT2D eigenvalue weighted by molar-refractivity contribution is 0.143. The third-order valence-corrected chi connectivity index (χ3v) is 4.69. The first-order valence-corrected chi connectivity index (χ1v) is 10.5. The van der Waals surface area contributed by atoms with E-state index in [0.29, 0.717) is 17.7 Å². The van der Waals surface area contributed by atoms with Gasteiger partial charge in [0.05, 0.1) is 15.5 Å².